The number of unbranched alkanes of at least 4 members (excludes halogenated alkanes) is 1. The molecule has 0 aliphatic heterocycles. The molecule has 0 aromatic heterocycles. The molecule has 3 nitrogen and oxygen atoms in total. The maximum absolute atomic E-state index is 13.6. The Hall–Kier alpha value is -1.60. The molecular weight excluding hydrogens is 219 g/mol. The van der Waals surface area contributed by atoms with Gasteiger partial charge in [0.25, 0.3) is 0 Å². The Morgan fingerprint density at radius 3 is 2.88 bits per heavy atom. The molecule has 0 radical (unpaired) electrons. The van der Waals surface area contributed by atoms with Crippen LogP contribution in [0.2, 0.25) is 0 Å². The summed E-state index contributed by atoms with van der Waals surface area (Å²) in [6, 6.07) is 6.89. The van der Waals surface area contributed by atoms with Gasteiger partial charge in [-0.15, -0.1) is 0 Å². The van der Waals surface area contributed by atoms with Crippen LogP contribution in [0.3, 0.4) is 0 Å². The van der Waals surface area contributed by atoms with Crippen LogP contribution in [-0.4, -0.2) is 12.6 Å². The summed E-state index contributed by atoms with van der Waals surface area (Å²) in [7, 11) is 0. The van der Waals surface area contributed by atoms with Gasteiger partial charge < -0.3 is 10.5 Å². The van der Waals surface area contributed by atoms with Crippen LogP contribution in [0.5, 0.6) is 5.75 Å². The largest absolute Gasteiger partial charge is 0.490 e. The summed E-state index contributed by atoms with van der Waals surface area (Å²) >= 11 is 0. The number of ether oxygens (including phenoxy) is 1. The smallest absolute Gasteiger partial charge is 0.165 e. The normalized spacial score (nSPS) is 11.9. The summed E-state index contributed by atoms with van der Waals surface area (Å²) in [4.78, 5) is 0. The van der Waals surface area contributed by atoms with Gasteiger partial charge in [-0.05, 0) is 37.5 Å². The molecule has 4 heteroatoms. The number of halogens is 1. The fraction of sp³-hybridized carbons (Fsp3) is 0.462. The summed E-state index contributed by atoms with van der Waals surface area (Å²) in [6.07, 6.45) is 1.67. The van der Waals surface area contributed by atoms with Gasteiger partial charge >= 0.3 is 0 Å². The van der Waals surface area contributed by atoms with Crippen molar-refractivity contribution in [1.82, 2.24) is 0 Å². The third kappa shape index (κ3) is 4.83. The maximum atomic E-state index is 13.6. The number of rotatable bonds is 6. The van der Waals surface area contributed by atoms with Gasteiger partial charge in [0.2, 0.25) is 0 Å². The summed E-state index contributed by atoms with van der Waals surface area (Å²) in [6.45, 7) is 2.24. The summed E-state index contributed by atoms with van der Waals surface area (Å²) in [5, 5.41) is 8.35. The SMILES string of the molecule is CC(N)Cc1ccc(OCCCC#N)c(F)c1. The number of nitrogens with zero attached hydrogens (tertiary/aromatic N) is 1. The molecule has 0 bridgehead atoms. The minimum atomic E-state index is -0.375. The van der Waals surface area contributed by atoms with Crippen molar-refractivity contribution in [3.05, 3.63) is 29.6 Å². The van der Waals surface area contributed by atoms with Gasteiger partial charge in [0, 0.05) is 12.5 Å². The van der Waals surface area contributed by atoms with Crippen LogP contribution in [0.15, 0.2) is 18.2 Å². The minimum absolute atomic E-state index is 0.0109. The van der Waals surface area contributed by atoms with Gasteiger partial charge in [-0.25, -0.2) is 4.39 Å². The number of nitrogens with two attached hydrogens (primary N) is 1. The van der Waals surface area contributed by atoms with Crippen molar-refractivity contribution < 1.29 is 9.13 Å². The molecule has 1 unspecified atom stereocenters. The zero-order valence-corrected chi connectivity index (χ0v) is 9.95. The lowest BCUT2D eigenvalue weighted by molar-refractivity contribution is 0.297. The second-order valence-electron chi connectivity index (χ2n) is 4.06. The van der Waals surface area contributed by atoms with Crippen molar-refractivity contribution in [2.45, 2.75) is 32.2 Å². The Bertz CT molecular complexity index is 399. The van der Waals surface area contributed by atoms with E-state index in [4.69, 9.17) is 15.7 Å². The van der Waals surface area contributed by atoms with Crippen molar-refractivity contribution in [2.24, 2.45) is 5.73 Å². The number of benzene rings is 1. The molecule has 0 fully saturated rings. The molecule has 0 amide bonds. The first-order valence-electron chi connectivity index (χ1n) is 5.67. The van der Waals surface area contributed by atoms with E-state index in [-0.39, 0.29) is 17.6 Å². The number of hydrogen-bond acceptors (Lipinski definition) is 3. The molecule has 17 heavy (non-hydrogen) atoms. The monoisotopic (exact) mass is 236 g/mol. The average Bonchev–Trinajstić information content (AvgIpc) is 2.26. The molecule has 0 saturated carbocycles. The van der Waals surface area contributed by atoms with Gasteiger partial charge in [-0.1, -0.05) is 6.07 Å². The van der Waals surface area contributed by atoms with Crippen LogP contribution in [-0.2, 0) is 6.42 Å². The second-order valence-corrected chi connectivity index (χ2v) is 4.06. The highest BCUT2D eigenvalue weighted by molar-refractivity contribution is 5.29. The molecule has 0 aliphatic carbocycles. The Balaban J connectivity index is 2.54. The third-order valence-corrected chi connectivity index (χ3v) is 2.24. The highest BCUT2D eigenvalue weighted by Crippen LogP contribution is 2.19. The quantitative estimate of drug-likeness (QED) is 0.771. The topological polar surface area (TPSA) is 59.0 Å². The van der Waals surface area contributed by atoms with E-state index in [0.29, 0.717) is 25.9 Å². The van der Waals surface area contributed by atoms with E-state index in [2.05, 4.69) is 0 Å². The molecule has 1 aromatic rings. The second kappa shape index (κ2) is 6.87. The molecule has 0 spiro atoms. The summed E-state index contributed by atoms with van der Waals surface area (Å²) in [5.74, 6) is -0.142. The van der Waals surface area contributed by atoms with Crippen LogP contribution in [0.25, 0.3) is 0 Å². The van der Waals surface area contributed by atoms with Crippen LogP contribution in [0.4, 0.5) is 4.39 Å². The van der Waals surface area contributed by atoms with E-state index in [9.17, 15) is 4.39 Å². The van der Waals surface area contributed by atoms with Gasteiger partial charge in [-0.2, -0.15) is 5.26 Å². The predicted molar refractivity (Wildman–Crippen MR) is 64.1 cm³/mol. The van der Waals surface area contributed by atoms with Crippen LogP contribution in [0, 0.1) is 17.1 Å². The van der Waals surface area contributed by atoms with Crippen molar-refractivity contribution in [1.29, 1.82) is 5.26 Å². The lowest BCUT2D eigenvalue weighted by atomic mass is 10.1. The molecule has 0 heterocycles. The highest BCUT2D eigenvalue weighted by atomic mass is 19.1. The molecule has 1 rings (SSSR count). The molecule has 0 aliphatic rings. The van der Waals surface area contributed by atoms with Gasteiger partial charge in [-0.3, -0.25) is 0 Å². The zero-order chi connectivity index (χ0) is 12.7. The molecule has 92 valence electrons. The first kappa shape index (κ1) is 13.5. The summed E-state index contributed by atoms with van der Waals surface area (Å²) in [5.41, 5.74) is 6.50. The Labute approximate surface area is 101 Å². The van der Waals surface area contributed by atoms with Crippen molar-refractivity contribution in [2.75, 3.05) is 6.61 Å². The fourth-order valence-corrected chi connectivity index (χ4v) is 1.49. The van der Waals surface area contributed by atoms with Crippen molar-refractivity contribution >= 4 is 0 Å². The Kier molecular flexibility index (Phi) is 5.44. The molecule has 0 saturated heterocycles. The lowest BCUT2D eigenvalue weighted by Gasteiger charge is -2.09. The van der Waals surface area contributed by atoms with Crippen LogP contribution in [0.1, 0.15) is 25.3 Å². The zero-order valence-electron chi connectivity index (χ0n) is 9.95. The van der Waals surface area contributed by atoms with Gasteiger partial charge in [0.15, 0.2) is 11.6 Å². The van der Waals surface area contributed by atoms with E-state index in [1.54, 1.807) is 6.07 Å². The number of nitriles is 1. The van der Waals surface area contributed by atoms with Gasteiger partial charge in [0.1, 0.15) is 0 Å². The predicted octanol–water partition coefficient (Wildman–Crippen LogP) is 2.40. The van der Waals surface area contributed by atoms with E-state index in [1.165, 1.54) is 6.07 Å². The van der Waals surface area contributed by atoms with E-state index in [0.717, 1.165) is 5.56 Å². The molecular formula is C13H17FN2O. The minimum Gasteiger partial charge on any atom is -0.490 e. The fourth-order valence-electron chi connectivity index (χ4n) is 1.49. The summed E-state index contributed by atoms with van der Waals surface area (Å²) < 4.78 is 18.8. The lowest BCUT2D eigenvalue weighted by Crippen LogP contribution is -2.17. The average molecular weight is 236 g/mol. The van der Waals surface area contributed by atoms with E-state index < -0.39 is 0 Å². The number of hydrogen-bond donors (Lipinski definition) is 1. The van der Waals surface area contributed by atoms with Gasteiger partial charge in [0.05, 0.1) is 12.7 Å². The third-order valence-electron chi connectivity index (χ3n) is 2.24. The standard InChI is InChI=1S/C13H17FN2O/c1-10(16)8-11-4-5-13(12(14)9-11)17-7-3-2-6-15/h4-5,9-10H,2-3,7-8,16H2,1H3. The Morgan fingerprint density at radius 1 is 1.53 bits per heavy atom. The molecule has 1 aromatic carbocycles. The maximum Gasteiger partial charge on any atom is 0.165 e. The molecule has 2 N–H and O–H groups in total. The highest BCUT2D eigenvalue weighted by Gasteiger charge is 2.06. The van der Waals surface area contributed by atoms with E-state index >= 15 is 0 Å². The van der Waals surface area contributed by atoms with Crippen LogP contribution >= 0.6 is 0 Å². The first-order chi connectivity index (χ1) is 8.13. The molecule has 1 atom stereocenters. The van der Waals surface area contributed by atoms with E-state index in [1.807, 2.05) is 19.1 Å². The Morgan fingerprint density at radius 2 is 2.29 bits per heavy atom. The first-order valence-corrected chi connectivity index (χ1v) is 5.67. The van der Waals surface area contributed by atoms with Crippen molar-refractivity contribution in [3.8, 4) is 11.8 Å². The van der Waals surface area contributed by atoms with Crippen LogP contribution < -0.4 is 10.5 Å². The van der Waals surface area contributed by atoms with Crippen molar-refractivity contribution in [3.63, 3.8) is 0 Å².